The minimum absolute atomic E-state index is 0.0710. The lowest BCUT2D eigenvalue weighted by Crippen LogP contribution is -2.41. The molecule has 0 saturated carbocycles. The Kier molecular flexibility index (Phi) is 13.9. The summed E-state index contributed by atoms with van der Waals surface area (Å²) < 4.78 is 0. The van der Waals surface area contributed by atoms with E-state index in [4.69, 9.17) is 10.5 Å². The average Bonchev–Trinajstić information content (AvgIpc) is 2.51. The molecular formula is C18H35BN4. The molecular weight excluding hydrogens is 283 g/mol. The van der Waals surface area contributed by atoms with Crippen molar-refractivity contribution >= 4 is 6.71 Å². The van der Waals surface area contributed by atoms with Crippen molar-refractivity contribution in [3.63, 3.8) is 0 Å². The topological polar surface area (TPSA) is 54.1 Å². The van der Waals surface area contributed by atoms with E-state index >= 15 is 0 Å². The Morgan fingerprint density at radius 2 is 1.17 bits per heavy atom. The van der Waals surface area contributed by atoms with E-state index in [0.29, 0.717) is 0 Å². The highest BCUT2D eigenvalue weighted by Crippen LogP contribution is 2.14. The first kappa shape index (κ1) is 22.0. The van der Waals surface area contributed by atoms with Crippen LogP contribution in [0.1, 0.15) is 64.2 Å². The van der Waals surface area contributed by atoms with E-state index in [2.05, 4.69) is 30.9 Å². The summed E-state index contributed by atoms with van der Waals surface area (Å²) >= 11 is 0. The van der Waals surface area contributed by atoms with E-state index in [-0.39, 0.29) is 5.94 Å². The van der Waals surface area contributed by atoms with Crippen LogP contribution in [0.3, 0.4) is 0 Å². The Labute approximate surface area is 144 Å². The van der Waals surface area contributed by atoms with Crippen molar-refractivity contribution in [2.24, 2.45) is 0 Å². The third-order valence-electron chi connectivity index (χ3n) is 4.43. The summed E-state index contributed by atoms with van der Waals surface area (Å²) in [5.41, 5.74) is 0. The molecule has 0 aliphatic heterocycles. The van der Waals surface area contributed by atoms with Gasteiger partial charge in [-0.2, -0.15) is 0 Å². The maximum Gasteiger partial charge on any atom is 0.403 e. The molecule has 0 radical (unpaired) electrons. The first-order chi connectivity index (χ1) is 11.0. The second-order valence-electron chi connectivity index (χ2n) is 7.04. The van der Waals surface area contributed by atoms with E-state index in [9.17, 15) is 0 Å². The molecule has 0 aromatic heterocycles. The molecule has 0 spiro atoms. The van der Waals surface area contributed by atoms with Crippen molar-refractivity contribution in [3.8, 4) is 11.9 Å². The number of nitrogens with zero attached hydrogens (tertiary/aromatic N) is 4. The summed E-state index contributed by atoms with van der Waals surface area (Å²) in [6, 6.07) is 0. The third-order valence-corrected chi connectivity index (χ3v) is 4.43. The predicted octanol–water partition coefficient (Wildman–Crippen LogP) is 3.54. The van der Waals surface area contributed by atoms with E-state index in [1.165, 1.54) is 57.9 Å². The third kappa shape index (κ3) is 12.1. The fourth-order valence-corrected chi connectivity index (χ4v) is 2.94. The SMILES string of the molecule is CN(C)CCCCCCCCCCCC(B(C#N)C#N)N(C)C. The maximum absolute atomic E-state index is 9.04. The van der Waals surface area contributed by atoms with Gasteiger partial charge in [0.25, 0.3) is 0 Å². The van der Waals surface area contributed by atoms with E-state index in [1.807, 2.05) is 19.0 Å². The van der Waals surface area contributed by atoms with Gasteiger partial charge in [-0.05, 0) is 47.6 Å². The van der Waals surface area contributed by atoms with E-state index < -0.39 is 6.71 Å². The molecule has 0 aliphatic carbocycles. The van der Waals surface area contributed by atoms with Crippen LogP contribution in [0.25, 0.3) is 0 Å². The minimum Gasteiger partial charge on any atom is -0.311 e. The zero-order valence-electron chi connectivity index (χ0n) is 15.7. The molecule has 0 N–H and O–H groups in total. The molecule has 0 aromatic rings. The van der Waals surface area contributed by atoms with Gasteiger partial charge in [-0.3, -0.25) is 0 Å². The van der Waals surface area contributed by atoms with Crippen LogP contribution in [0.5, 0.6) is 0 Å². The quantitative estimate of drug-likeness (QED) is 0.363. The van der Waals surface area contributed by atoms with E-state index in [1.54, 1.807) is 0 Å². The molecule has 1 atom stereocenters. The zero-order chi connectivity index (χ0) is 17.5. The summed E-state index contributed by atoms with van der Waals surface area (Å²) in [5, 5.41) is 18.1. The molecule has 5 heteroatoms. The van der Waals surface area contributed by atoms with Crippen LogP contribution in [0, 0.1) is 22.5 Å². The first-order valence-corrected chi connectivity index (χ1v) is 9.13. The normalized spacial score (nSPS) is 12.2. The fourth-order valence-electron chi connectivity index (χ4n) is 2.94. The molecule has 23 heavy (non-hydrogen) atoms. The zero-order valence-corrected chi connectivity index (χ0v) is 15.7. The molecule has 0 amide bonds. The maximum atomic E-state index is 9.04. The van der Waals surface area contributed by atoms with Crippen LogP contribution in [0.4, 0.5) is 0 Å². The fraction of sp³-hybridized carbons (Fsp3) is 0.889. The molecule has 1 unspecified atom stereocenters. The standard InChI is InChI=1S/C18H35BN4/c1-22(2)15-13-11-9-7-5-6-8-10-12-14-18(23(3)4)19(16-20)17-21/h18H,5-15H2,1-4H3. The van der Waals surface area contributed by atoms with E-state index in [0.717, 1.165) is 12.8 Å². The molecule has 0 heterocycles. The second kappa shape index (κ2) is 14.6. The molecule has 4 nitrogen and oxygen atoms in total. The Hall–Kier alpha value is -1.04. The summed E-state index contributed by atoms with van der Waals surface area (Å²) in [5.74, 6) is 4.31. The van der Waals surface area contributed by atoms with Crippen LogP contribution >= 0.6 is 0 Å². The number of hydrogen-bond acceptors (Lipinski definition) is 4. The van der Waals surface area contributed by atoms with Crippen LogP contribution < -0.4 is 0 Å². The van der Waals surface area contributed by atoms with Gasteiger partial charge in [0.15, 0.2) is 0 Å². The highest BCUT2D eigenvalue weighted by molar-refractivity contribution is 6.75. The monoisotopic (exact) mass is 318 g/mol. The van der Waals surface area contributed by atoms with Gasteiger partial charge in [0, 0.05) is 17.9 Å². The highest BCUT2D eigenvalue weighted by Gasteiger charge is 2.27. The molecule has 0 fully saturated rings. The molecule has 0 aromatic carbocycles. The van der Waals surface area contributed by atoms with Gasteiger partial charge < -0.3 is 9.80 Å². The van der Waals surface area contributed by atoms with Crippen LogP contribution in [0.2, 0.25) is 0 Å². The predicted molar refractivity (Wildman–Crippen MR) is 99.2 cm³/mol. The van der Waals surface area contributed by atoms with Crippen LogP contribution in [-0.4, -0.2) is 57.2 Å². The number of nitriles is 2. The summed E-state index contributed by atoms with van der Waals surface area (Å²) in [6.07, 6.45) is 12.6. The number of unbranched alkanes of at least 4 members (excludes halogenated alkanes) is 8. The summed E-state index contributed by atoms with van der Waals surface area (Å²) in [7, 11) is 8.19. The minimum atomic E-state index is -0.507. The lowest BCUT2D eigenvalue weighted by atomic mass is 9.46. The van der Waals surface area contributed by atoms with Crippen LogP contribution in [0.15, 0.2) is 0 Å². The van der Waals surface area contributed by atoms with Gasteiger partial charge in [0.1, 0.15) is 0 Å². The smallest absolute Gasteiger partial charge is 0.311 e. The average molecular weight is 318 g/mol. The van der Waals surface area contributed by atoms with Gasteiger partial charge in [0.05, 0.1) is 0 Å². The largest absolute Gasteiger partial charge is 0.403 e. The van der Waals surface area contributed by atoms with Crippen molar-refractivity contribution < 1.29 is 0 Å². The summed E-state index contributed by atoms with van der Waals surface area (Å²) in [4.78, 5) is 4.27. The van der Waals surface area contributed by atoms with Crippen molar-refractivity contribution in [1.29, 1.82) is 10.5 Å². The van der Waals surface area contributed by atoms with Gasteiger partial charge in [-0.15, -0.1) is 0 Å². The highest BCUT2D eigenvalue weighted by atomic mass is 15.1. The lowest BCUT2D eigenvalue weighted by molar-refractivity contribution is 0.345. The Morgan fingerprint density at radius 1 is 0.739 bits per heavy atom. The van der Waals surface area contributed by atoms with Crippen molar-refractivity contribution in [1.82, 2.24) is 9.80 Å². The lowest BCUT2D eigenvalue weighted by Gasteiger charge is -2.23. The van der Waals surface area contributed by atoms with Gasteiger partial charge in [-0.25, -0.2) is 10.5 Å². The van der Waals surface area contributed by atoms with Gasteiger partial charge in [0.2, 0.25) is 0 Å². The Morgan fingerprint density at radius 3 is 1.57 bits per heavy atom. The molecule has 0 saturated heterocycles. The first-order valence-electron chi connectivity index (χ1n) is 9.13. The molecule has 0 bridgehead atoms. The molecule has 0 rings (SSSR count). The number of hydrogen-bond donors (Lipinski definition) is 0. The van der Waals surface area contributed by atoms with Gasteiger partial charge in [-0.1, -0.05) is 51.4 Å². The molecule has 130 valence electrons. The van der Waals surface area contributed by atoms with Crippen molar-refractivity contribution in [2.45, 2.75) is 70.1 Å². The van der Waals surface area contributed by atoms with Gasteiger partial charge >= 0.3 is 6.71 Å². The Balaban J connectivity index is 3.54. The van der Waals surface area contributed by atoms with Crippen molar-refractivity contribution in [2.75, 3.05) is 34.7 Å². The Bertz CT molecular complexity index is 343. The molecule has 0 aliphatic rings. The number of rotatable bonds is 14. The summed E-state index contributed by atoms with van der Waals surface area (Å²) in [6.45, 7) is 0.701. The second-order valence-corrected chi connectivity index (χ2v) is 7.04. The van der Waals surface area contributed by atoms with Crippen LogP contribution in [-0.2, 0) is 0 Å². The van der Waals surface area contributed by atoms with Crippen molar-refractivity contribution in [3.05, 3.63) is 0 Å².